The normalized spacial score (nSPS) is 13.6. The minimum atomic E-state index is -0.424. The molecule has 3 aromatic heterocycles. The first-order valence-electron chi connectivity index (χ1n) is 22.9. The highest BCUT2D eigenvalue weighted by atomic mass is 16.3. The molecule has 12 rings (SSSR count). The molecule has 58 heavy (non-hydrogen) atoms. The zero-order valence-corrected chi connectivity index (χ0v) is 31.1. The second-order valence-corrected chi connectivity index (χ2v) is 14.7. The van der Waals surface area contributed by atoms with Crippen LogP contribution < -0.4 is 0 Å². The Morgan fingerprint density at radius 3 is 2.05 bits per heavy atom. The second kappa shape index (κ2) is 13.0. The molecule has 0 aliphatic carbocycles. The van der Waals surface area contributed by atoms with Crippen molar-refractivity contribution >= 4 is 65.6 Å². The molecule has 0 radical (unpaired) electrons. The van der Waals surface area contributed by atoms with E-state index in [2.05, 4.69) is 59.2 Å². The van der Waals surface area contributed by atoms with Gasteiger partial charge in [-0.05, 0) is 87.9 Å². The Morgan fingerprint density at radius 1 is 0.431 bits per heavy atom. The summed E-state index contributed by atoms with van der Waals surface area (Å²) in [5, 5.41) is 3.98. The molecule has 0 aliphatic heterocycles. The number of aromatic nitrogens is 2. The van der Waals surface area contributed by atoms with Crippen LogP contribution in [0.2, 0.25) is 0 Å². The van der Waals surface area contributed by atoms with E-state index in [0.717, 1.165) is 66.1 Å². The van der Waals surface area contributed by atoms with Crippen LogP contribution in [0.3, 0.4) is 0 Å². The first kappa shape index (κ1) is 26.3. The molecule has 0 saturated heterocycles. The van der Waals surface area contributed by atoms with Gasteiger partial charge in [-0.15, -0.1) is 0 Å². The SMILES string of the molecule is [2H]c1c([2H])c([2H])c2c(c1[2H])c1c([2H])c(-c3ccc4c(c3)c3ccc(-c5ccccc5)cc3n4-c3ccccc3-c3ccccc3)c([2H])c([2H])c1n2Cc1cccc2oc3ccccc3c12. The number of para-hydroxylation sites is 3. The molecule has 3 heterocycles. The molecule has 9 aromatic carbocycles. The average molecular weight is 748 g/mol. The third-order valence-corrected chi connectivity index (χ3v) is 11.5. The van der Waals surface area contributed by atoms with Crippen molar-refractivity contribution in [2.45, 2.75) is 6.54 Å². The summed E-state index contributed by atoms with van der Waals surface area (Å²) in [5.74, 6) is 0. The van der Waals surface area contributed by atoms with Gasteiger partial charge in [0.1, 0.15) is 11.2 Å². The molecule has 3 nitrogen and oxygen atoms in total. The maximum Gasteiger partial charge on any atom is 0.135 e. The molecule has 0 fully saturated rings. The lowest BCUT2D eigenvalue weighted by molar-refractivity contribution is 0.668. The summed E-state index contributed by atoms with van der Waals surface area (Å²) < 4.78 is 75.5. The van der Waals surface area contributed by atoms with E-state index in [4.69, 9.17) is 7.16 Å². The molecule has 0 atom stereocenters. The molecular weight excluding hydrogens is 705 g/mol. The highest BCUT2D eigenvalue weighted by Crippen LogP contribution is 2.41. The maximum atomic E-state index is 9.96. The molecule has 12 aromatic rings. The number of rotatable bonds is 6. The van der Waals surface area contributed by atoms with E-state index in [9.17, 15) is 6.85 Å². The van der Waals surface area contributed by atoms with Crippen molar-refractivity contribution in [3.8, 4) is 39.1 Å². The first-order valence-corrected chi connectivity index (χ1v) is 19.4. The van der Waals surface area contributed by atoms with Gasteiger partial charge >= 0.3 is 0 Å². The van der Waals surface area contributed by atoms with Crippen LogP contribution in [0.1, 0.15) is 15.2 Å². The standard InChI is InChI=1S/C55H36N2O/c1-3-14-36(15-4-1)40-26-29-44-47-33-39(28-31-51(47)57(52(44)34-40)50-23-11-7-19-42(50)37-16-5-2-6-17-37)38-27-30-49-46(32-38)43-20-8-10-22-48(43)56(49)35-41-18-13-25-54-55(41)45-21-9-12-24-53(45)58-54/h1-34H,35H2/i8D,10D,20D,22D,27D,30D,32D. The third-order valence-electron chi connectivity index (χ3n) is 11.5. The van der Waals surface area contributed by atoms with E-state index in [1.165, 1.54) is 0 Å². The number of nitrogens with zero attached hydrogens (tertiary/aromatic N) is 2. The van der Waals surface area contributed by atoms with Crippen LogP contribution in [0, 0.1) is 0 Å². The van der Waals surface area contributed by atoms with Gasteiger partial charge in [0, 0.05) is 55.5 Å². The van der Waals surface area contributed by atoms with Crippen molar-refractivity contribution in [2.75, 3.05) is 0 Å². The van der Waals surface area contributed by atoms with E-state index in [0.29, 0.717) is 16.7 Å². The van der Waals surface area contributed by atoms with Gasteiger partial charge in [-0.2, -0.15) is 0 Å². The summed E-state index contributed by atoms with van der Waals surface area (Å²) in [6, 6.07) is 52.9. The molecule has 0 spiro atoms. The Bertz CT molecular complexity index is 3950. The lowest BCUT2D eigenvalue weighted by Crippen LogP contribution is -1.99. The fourth-order valence-corrected chi connectivity index (χ4v) is 8.81. The van der Waals surface area contributed by atoms with Crippen LogP contribution in [-0.4, -0.2) is 9.13 Å². The average Bonchev–Trinajstić information content (AvgIpc) is 4.01. The van der Waals surface area contributed by atoms with Crippen LogP contribution >= 0.6 is 0 Å². The van der Waals surface area contributed by atoms with Gasteiger partial charge in [0.15, 0.2) is 0 Å². The quantitative estimate of drug-likeness (QED) is 0.166. The Morgan fingerprint density at radius 2 is 1.16 bits per heavy atom. The number of fused-ring (bicyclic) bond motifs is 9. The highest BCUT2D eigenvalue weighted by Gasteiger charge is 2.19. The largest absolute Gasteiger partial charge is 0.456 e. The van der Waals surface area contributed by atoms with E-state index in [1.807, 2.05) is 109 Å². The molecule has 0 unspecified atom stereocenters. The van der Waals surface area contributed by atoms with Crippen LogP contribution in [0.25, 0.3) is 105 Å². The highest BCUT2D eigenvalue weighted by molar-refractivity contribution is 6.13. The minimum absolute atomic E-state index is 0.0781. The Hall–Kier alpha value is -7.62. The molecule has 0 bridgehead atoms. The molecule has 0 saturated carbocycles. The Labute approximate surface area is 345 Å². The van der Waals surface area contributed by atoms with Crippen LogP contribution in [-0.2, 0) is 6.54 Å². The van der Waals surface area contributed by atoms with Gasteiger partial charge in [-0.25, -0.2) is 0 Å². The van der Waals surface area contributed by atoms with Crippen molar-refractivity contribution in [3.05, 3.63) is 212 Å². The summed E-state index contributed by atoms with van der Waals surface area (Å²) >= 11 is 0. The lowest BCUT2D eigenvalue weighted by Gasteiger charge is -2.14. The minimum Gasteiger partial charge on any atom is -0.456 e. The van der Waals surface area contributed by atoms with Crippen molar-refractivity contribution in [1.82, 2.24) is 9.13 Å². The zero-order valence-electron chi connectivity index (χ0n) is 38.1. The van der Waals surface area contributed by atoms with Crippen molar-refractivity contribution in [2.24, 2.45) is 0 Å². The monoisotopic (exact) mass is 747 g/mol. The van der Waals surface area contributed by atoms with Crippen LogP contribution in [0.5, 0.6) is 0 Å². The summed E-state index contributed by atoms with van der Waals surface area (Å²) in [5.41, 5.74) is 10.5. The molecule has 0 aliphatic rings. The van der Waals surface area contributed by atoms with Gasteiger partial charge in [-0.1, -0.05) is 152 Å². The lowest BCUT2D eigenvalue weighted by atomic mass is 9.99. The fraction of sp³-hybridized carbons (Fsp3) is 0.0182. The predicted molar refractivity (Wildman–Crippen MR) is 243 cm³/mol. The van der Waals surface area contributed by atoms with E-state index in [-0.39, 0.29) is 64.1 Å². The fourth-order valence-electron chi connectivity index (χ4n) is 8.81. The Balaban J connectivity index is 1.13. The van der Waals surface area contributed by atoms with E-state index < -0.39 is 12.1 Å². The smallest absolute Gasteiger partial charge is 0.135 e. The van der Waals surface area contributed by atoms with Crippen molar-refractivity contribution in [3.63, 3.8) is 0 Å². The first-order chi connectivity index (χ1) is 31.7. The zero-order chi connectivity index (χ0) is 44.2. The molecule has 0 amide bonds. The molecule has 272 valence electrons. The number of hydrogen-bond acceptors (Lipinski definition) is 1. The van der Waals surface area contributed by atoms with Gasteiger partial charge in [-0.3, -0.25) is 0 Å². The maximum absolute atomic E-state index is 9.96. The Kier molecular flexibility index (Phi) is 5.88. The topological polar surface area (TPSA) is 23.0 Å². The molecular formula is C55H36N2O. The number of furan rings is 1. The van der Waals surface area contributed by atoms with Gasteiger partial charge in [0.05, 0.1) is 26.3 Å². The van der Waals surface area contributed by atoms with Crippen molar-refractivity contribution < 1.29 is 14.0 Å². The number of benzene rings is 9. The van der Waals surface area contributed by atoms with Gasteiger partial charge < -0.3 is 13.6 Å². The van der Waals surface area contributed by atoms with E-state index in [1.54, 1.807) is 4.57 Å². The van der Waals surface area contributed by atoms with Crippen LogP contribution in [0.4, 0.5) is 0 Å². The predicted octanol–water partition coefficient (Wildman–Crippen LogP) is 14.8. The third kappa shape index (κ3) is 5.07. The summed E-state index contributed by atoms with van der Waals surface area (Å²) in [6.07, 6.45) is 0. The van der Waals surface area contributed by atoms with Gasteiger partial charge in [0.25, 0.3) is 0 Å². The summed E-state index contributed by atoms with van der Waals surface area (Å²) in [7, 11) is 0. The molecule has 3 heteroatoms. The molecule has 0 N–H and O–H groups in total. The van der Waals surface area contributed by atoms with E-state index >= 15 is 0 Å². The number of hydrogen-bond donors (Lipinski definition) is 0. The summed E-state index contributed by atoms with van der Waals surface area (Å²) in [6.45, 7) is 0.105. The van der Waals surface area contributed by atoms with Crippen LogP contribution in [0.15, 0.2) is 211 Å². The van der Waals surface area contributed by atoms with Gasteiger partial charge in [0.2, 0.25) is 0 Å². The second-order valence-electron chi connectivity index (χ2n) is 14.7. The summed E-state index contributed by atoms with van der Waals surface area (Å²) in [4.78, 5) is 0. The van der Waals surface area contributed by atoms with Crippen molar-refractivity contribution in [1.29, 1.82) is 0 Å².